The predicted molar refractivity (Wildman–Crippen MR) is 248 cm³/mol. The van der Waals surface area contributed by atoms with Crippen molar-refractivity contribution in [3.05, 3.63) is 0 Å². The first-order valence-corrected chi connectivity index (χ1v) is 27.4. The maximum Gasteiger partial charge on any atom is 0.0227 e. The van der Waals surface area contributed by atoms with Crippen molar-refractivity contribution >= 4 is 0 Å². The van der Waals surface area contributed by atoms with E-state index in [0.29, 0.717) is 72.5 Å². The topological polar surface area (TPSA) is 108 Å². The van der Waals surface area contributed by atoms with Gasteiger partial charge in [0.25, 0.3) is 0 Å². The lowest BCUT2D eigenvalue weighted by Gasteiger charge is -2.53. The highest BCUT2D eigenvalue weighted by Gasteiger charge is 2.49. The van der Waals surface area contributed by atoms with Gasteiger partial charge < -0.3 is 47.9 Å². The van der Waals surface area contributed by atoms with Gasteiger partial charge in [0.05, 0.1) is 0 Å². The molecule has 9 N–H and O–H groups in total. The van der Waals surface area contributed by atoms with Crippen LogP contribution in [0.4, 0.5) is 0 Å². The normalized spacial score (nSPS) is 49.2. The Hall–Kier alpha value is -0.360. The first-order chi connectivity index (χ1) is 29.7. The molecular formula is C51H93N9. The lowest BCUT2D eigenvalue weighted by atomic mass is 9.58. The molecule has 10 fully saturated rings. The molecule has 0 radical (unpaired) electrons. The van der Waals surface area contributed by atoms with E-state index in [4.69, 9.17) is 0 Å². The van der Waals surface area contributed by atoms with Crippen LogP contribution in [0.1, 0.15) is 173 Å². The Morgan fingerprint density at radius 2 is 0.367 bits per heavy atom. The van der Waals surface area contributed by atoms with Crippen LogP contribution in [0, 0.1) is 35.5 Å². The molecule has 0 aromatic heterocycles. The zero-order chi connectivity index (χ0) is 40.1. The summed E-state index contributed by atoms with van der Waals surface area (Å²) < 4.78 is 0. The molecule has 10 rings (SSSR count). The second-order valence-corrected chi connectivity index (χ2v) is 23.2. The van der Waals surface area contributed by atoms with Gasteiger partial charge in [0.2, 0.25) is 0 Å². The molecule has 9 saturated heterocycles. The molecular weight excluding hydrogens is 739 g/mol. The standard InChI is InChI=1S/C51H93N9/c1-7-19-52-40(13-1)46-28-37(29-47(58-46)41-14-2-8-20-53-41)34-25-35(38-30-48(42-15-3-9-21-54-42)59-49(31-38)43-16-4-10-22-55-43)27-36(26-34)39-32-50(44-17-5-11-23-56-44)60-51(33-39)45-18-6-12-24-57-45/h34-60H,1-33H2. The zero-order valence-electron chi connectivity index (χ0n) is 38.2. The molecule has 1 saturated carbocycles. The van der Waals surface area contributed by atoms with Gasteiger partial charge >= 0.3 is 0 Å². The molecule has 9 heteroatoms. The van der Waals surface area contributed by atoms with Crippen molar-refractivity contribution in [1.29, 1.82) is 0 Å². The van der Waals surface area contributed by atoms with E-state index >= 15 is 0 Å². The molecule has 342 valence electrons. The quantitative estimate of drug-likeness (QED) is 0.137. The highest BCUT2D eigenvalue weighted by atomic mass is 15.1. The Bertz CT molecular complexity index is 1030. The summed E-state index contributed by atoms with van der Waals surface area (Å²) in [4.78, 5) is 0. The summed E-state index contributed by atoms with van der Waals surface area (Å²) in [6.45, 7) is 7.34. The molecule has 12 atom stereocenters. The van der Waals surface area contributed by atoms with Gasteiger partial charge in [0.15, 0.2) is 0 Å². The second-order valence-electron chi connectivity index (χ2n) is 23.2. The average Bonchev–Trinajstić information content (AvgIpc) is 3.35. The predicted octanol–water partition coefficient (Wildman–Crippen LogP) is 6.08. The van der Waals surface area contributed by atoms with E-state index in [1.165, 1.54) is 213 Å². The summed E-state index contributed by atoms with van der Waals surface area (Å²) in [7, 11) is 0. The summed E-state index contributed by atoms with van der Waals surface area (Å²) in [6, 6.07) is 7.82. The molecule has 12 unspecified atom stereocenters. The third-order valence-electron chi connectivity index (χ3n) is 19.4. The minimum absolute atomic E-state index is 0.640. The van der Waals surface area contributed by atoms with Crippen molar-refractivity contribution in [3.8, 4) is 0 Å². The molecule has 0 aromatic carbocycles. The monoisotopic (exact) mass is 832 g/mol. The molecule has 0 aromatic rings. The minimum Gasteiger partial charge on any atom is -0.312 e. The van der Waals surface area contributed by atoms with Crippen molar-refractivity contribution in [3.63, 3.8) is 0 Å². The lowest BCUT2D eigenvalue weighted by molar-refractivity contribution is 0.00750. The Kier molecular flexibility index (Phi) is 15.5. The van der Waals surface area contributed by atoms with Crippen LogP contribution in [-0.4, -0.2) is 112 Å². The smallest absolute Gasteiger partial charge is 0.0227 e. The van der Waals surface area contributed by atoms with E-state index in [2.05, 4.69) is 47.9 Å². The van der Waals surface area contributed by atoms with Crippen LogP contribution < -0.4 is 47.9 Å². The Labute approximate surface area is 367 Å². The van der Waals surface area contributed by atoms with Crippen molar-refractivity contribution < 1.29 is 0 Å². The average molecular weight is 832 g/mol. The van der Waals surface area contributed by atoms with Gasteiger partial charge in [-0.05, 0) is 210 Å². The highest BCUT2D eigenvalue weighted by molar-refractivity contribution is 5.06. The molecule has 0 amide bonds. The summed E-state index contributed by atoms with van der Waals surface area (Å²) in [5.74, 6) is 5.23. The second kappa shape index (κ2) is 21.3. The summed E-state index contributed by atoms with van der Waals surface area (Å²) >= 11 is 0. The maximum atomic E-state index is 4.41. The highest BCUT2D eigenvalue weighted by Crippen LogP contribution is 2.51. The van der Waals surface area contributed by atoms with Gasteiger partial charge in [0.1, 0.15) is 0 Å². The van der Waals surface area contributed by atoms with E-state index in [0.717, 1.165) is 35.5 Å². The van der Waals surface area contributed by atoms with Crippen molar-refractivity contribution in [1.82, 2.24) is 47.9 Å². The van der Waals surface area contributed by atoms with Crippen LogP contribution in [0.25, 0.3) is 0 Å². The Morgan fingerprint density at radius 1 is 0.183 bits per heavy atom. The van der Waals surface area contributed by atoms with Crippen LogP contribution in [0.2, 0.25) is 0 Å². The van der Waals surface area contributed by atoms with Gasteiger partial charge in [-0.25, -0.2) is 0 Å². The molecule has 9 aliphatic heterocycles. The van der Waals surface area contributed by atoms with Crippen LogP contribution in [0.15, 0.2) is 0 Å². The molecule has 10 aliphatic rings. The Balaban J connectivity index is 0.949. The SMILES string of the molecule is C1CCC(C2CC(C3CC(C4CC(C5CCCCN5)NC(C5CCCCN5)C4)CC(C4CC(C5CCCCN5)NC(C5CCCCN5)C4)C3)CC(C3CCCCN3)N2)NC1. The molecule has 1 aliphatic carbocycles. The Morgan fingerprint density at radius 3 is 0.533 bits per heavy atom. The van der Waals surface area contributed by atoms with Crippen LogP contribution >= 0.6 is 0 Å². The van der Waals surface area contributed by atoms with Crippen LogP contribution in [0.5, 0.6) is 0 Å². The van der Waals surface area contributed by atoms with Crippen LogP contribution in [-0.2, 0) is 0 Å². The van der Waals surface area contributed by atoms with E-state index in [1.54, 1.807) is 0 Å². The summed E-state index contributed by atoms with van der Waals surface area (Å²) in [5.41, 5.74) is 0. The molecule has 9 nitrogen and oxygen atoms in total. The van der Waals surface area contributed by atoms with Gasteiger partial charge in [0, 0.05) is 72.5 Å². The molecule has 60 heavy (non-hydrogen) atoms. The van der Waals surface area contributed by atoms with Gasteiger partial charge in [-0.1, -0.05) is 38.5 Å². The van der Waals surface area contributed by atoms with E-state index < -0.39 is 0 Å². The van der Waals surface area contributed by atoms with Gasteiger partial charge in [-0.3, -0.25) is 0 Å². The zero-order valence-corrected chi connectivity index (χ0v) is 38.2. The van der Waals surface area contributed by atoms with Crippen molar-refractivity contribution in [2.24, 2.45) is 35.5 Å². The number of hydrogen-bond acceptors (Lipinski definition) is 9. The number of rotatable bonds is 9. The van der Waals surface area contributed by atoms with Crippen molar-refractivity contribution in [2.45, 2.75) is 246 Å². The summed E-state index contributed by atoms with van der Waals surface area (Å²) in [6.07, 6.45) is 37.9. The van der Waals surface area contributed by atoms with E-state index in [9.17, 15) is 0 Å². The number of hydrogen-bond donors (Lipinski definition) is 9. The fraction of sp³-hybridized carbons (Fsp3) is 1.00. The fourth-order valence-corrected chi connectivity index (χ4v) is 16.3. The van der Waals surface area contributed by atoms with Crippen LogP contribution in [0.3, 0.4) is 0 Å². The molecule has 9 heterocycles. The van der Waals surface area contributed by atoms with E-state index in [-0.39, 0.29) is 0 Å². The maximum absolute atomic E-state index is 4.41. The number of nitrogens with one attached hydrogen (secondary N) is 9. The first kappa shape index (κ1) is 43.5. The van der Waals surface area contributed by atoms with Crippen molar-refractivity contribution in [2.75, 3.05) is 39.3 Å². The minimum atomic E-state index is 0.640. The largest absolute Gasteiger partial charge is 0.312 e. The summed E-state index contributed by atoms with van der Waals surface area (Å²) in [5, 5.41) is 37.7. The molecule has 0 bridgehead atoms. The third-order valence-corrected chi connectivity index (χ3v) is 19.4. The van der Waals surface area contributed by atoms with Gasteiger partial charge in [-0.2, -0.15) is 0 Å². The molecule has 0 spiro atoms. The van der Waals surface area contributed by atoms with E-state index in [1.807, 2.05) is 0 Å². The number of piperidine rings is 9. The van der Waals surface area contributed by atoms with Gasteiger partial charge in [-0.15, -0.1) is 0 Å². The lowest BCUT2D eigenvalue weighted by Crippen LogP contribution is -2.63. The fourth-order valence-electron chi connectivity index (χ4n) is 16.3. The first-order valence-electron chi connectivity index (χ1n) is 27.4. The third kappa shape index (κ3) is 10.7.